The third-order valence-electron chi connectivity index (χ3n) is 4.11. The van der Waals surface area contributed by atoms with Gasteiger partial charge in [0.15, 0.2) is 11.6 Å². The molecule has 0 radical (unpaired) electrons. The maximum Gasteiger partial charge on any atom is 0.159 e. The number of rotatable bonds is 6. The normalized spacial score (nSPS) is 22.9. The summed E-state index contributed by atoms with van der Waals surface area (Å²) in [4.78, 5) is 0. The summed E-state index contributed by atoms with van der Waals surface area (Å²) in [6.07, 6.45) is 6.35. The molecule has 2 unspecified atom stereocenters. The molecule has 1 aromatic carbocycles. The first kappa shape index (κ1) is 15.4. The van der Waals surface area contributed by atoms with Crippen molar-refractivity contribution in [2.75, 3.05) is 6.54 Å². The summed E-state index contributed by atoms with van der Waals surface area (Å²) in [6, 6.07) is 3.98. The topological polar surface area (TPSA) is 32.3 Å². The molecule has 0 aliphatic heterocycles. The van der Waals surface area contributed by atoms with Gasteiger partial charge in [-0.15, -0.1) is 0 Å². The molecule has 1 aliphatic carbocycles. The highest BCUT2D eigenvalue weighted by molar-refractivity contribution is 5.17. The van der Waals surface area contributed by atoms with Crippen LogP contribution >= 0.6 is 0 Å². The second-order valence-electron chi connectivity index (χ2n) is 5.68. The number of hydrogen-bond acceptors (Lipinski definition) is 2. The molecule has 0 spiro atoms. The highest BCUT2D eigenvalue weighted by Gasteiger charge is 2.21. The Labute approximate surface area is 119 Å². The third-order valence-corrected chi connectivity index (χ3v) is 4.11. The lowest BCUT2D eigenvalue weighted by molar-refractivity contribution is 0.0643. The molecule has 2 rings (SSSR count). The molecule has 0 bridgehead atoms. The molecule has 0 amide bonds. The number of hydrogen-bond donors (Lipinski definition) is 2. The highest BCUT2D eigenvalue weighted by Crippen LogP contribution is 2.27. The minimum atomic E-state index is -0.806. The molecule has 112 valence electrons. The van der Waals surface area contributed by atoms with Gasteiger partial charge in [0.25, 0.3) is 0 Å². The summed E-state index contributed by atoms with van der Waals surface area (Å²) in [6.45, 7) is 1.38. The number of nitrogens with one attached hydrogen (secondary N) is 1. The van der Waals surface area contributed by atoms with Crippen molar-refractivity contribution >= 4 is 0 Å². The van der Waals surface area contributed by atoms with Gasteiger partial charge in [-0.3, -0.25) is 0 Å². The molecular weight excluding hydrogens is 260 g/mol. The summed E-state index contributed by atoms with van der Waals surface area (Å²) in [5, 5.41) is 13.1. The van der Waals surface area contributed by atoms with Crippen LogP contribution in [0.2, 0.25) is 0 Å². The van der Waals surface area contributed by atoms with E-state index in [4.69, 9.17) is 0 Å². The van der Waals surface area contributed by atoms with Crippen LogP contribution in [0.4, 0.5) is 8.78 Å². The van der Waals surface area contributed by atoms with Crippen molar-refractivity contribution in [2.45, 2.75) is 51.2 Å². The van der Waals surface area contributed by atoms with Crippen LogP contribution < -0.4 is 5.32 Å². The van der Waals surface area contributed by atoms with Crippen LogP contribution in [0, 0.1) is 17.6 Å². The molecule has 0 saturated heterocycles. The van der Waals surface area contributed by atoms with Crippen molar-refractivity contribution < 1.29 is 13.9 Å². The van der Waals surface area contributed by atoms with Gasteiger partial charge in [0.2, 0.25) is 0 Å². The van der Waals surface area contributed by atoms with Gasteiger partial charge in [0.05, 0.1) is 6.10 Å². The summed E-state index contributed by atoms with van der Waals surface area (Å²) < 4.78 is 25.8. The second-order valence-corrected chi connectivity index (χ2v) is 5.68. The van der Waals surface area contributed by atoms with Crippen LogP contribution in [-0.4, -0.2) is 17.8 Å². The fraction of sp³-hybridized carbons (Fsp3) is 0.625. The molecule has 2 atom stereocenters. The van der Waals surface area contributed by atoms with Crippen molar-refractivity contribution in [1.82, 2.24) is 5.32 Å². The Morgan fingerprint density at radius 3 is 2.70 bits per heavy atom. The van der Waals surface area contributed by atoms with Gasteiger partial charge < -0.3 is 10.4 Å². The molecule has 2 N–H and O–H groups in total. The zero-order valence-electron chi connectivity index (χ0n) is 11.7. The monoisotopic (exact) mass is 283 g/mol. The lowest BCUT2D eigenvalue weighted by Gasteiger charge is -2.27. The molecule has 1 saturated carbocycles. The van der Waals surface area contributed by atoms with Crippen LogP contribution in [0.25, 0.3) is 0 Å². The van der Waals surface area contributed by atoms with Gasteiger partial charge in [0, 0.05) is 6.54 Å². The Bertz CT molecular complexity index is 425. The van der Waals surface area contributed by atoms with E-state index in [1.54, 1.807) is 6.07 Å². The van der Waals surface area contributed by atoms with Crippen molar-refractivity contribution in [3.8, 4) is 0 Å². The van der Waals surface area contributed by atoms with Crippen LogP contribution in [0.5, 0.6) is 0 Å². The maximum absolute atomic E-state index is 13.0. The molecular formula is C16H23F2NO. The quantitative estimate of drug-likeness (QED) is 0.784. The van der Waals surface area contributed by atoms with E-state index in [0.29, 0.717) is 12.5 Å². The van der Waals surface area contributed by atoms with Crippen LogP contribution in [0.15, 0.2) is 18.2 Å². The Morgan fingerprint density at radius 2 is 1.95 bits per heavy atom. The van der Waals surface area contributed by atoms with E-state index in [-0.39, 0.29) is 6.10 Å². The average Bonchev–Trinajstić information content (AvgIpc) is 2.44. The van der Waals surface area contributed by atoms with E-state index in [1.165, 1.54) is 12.5 Å². The van der Waals surface area contributed by atoms with E-state index in [0.717, 1.165) is 50.3 Å². The first-order valence-electron chi connectivity index (χ1n) is 7.49. The van der Waals surface area contributed by atoms with E-state index in [1.807, 2.05) is 0 Å². The van der Waals surface area contributed by atoms with Gasteiger partial charge in [0.1, 0.15) is 0 Å². The predicted octanol–water partition coefficient (Wildman–Crippen LogP) is 3.39. The molecule has 1 aromatic rings. The van der Waals surface area contributed by atoms with Gasteiger partial charge in [-0.2, -0.15) is 0 Å². The third kappa shape index (κ3) is 4.53. The van der Waals surface area contributed by atoms with Gasteiger partial charge in [-0.05, 0) is 55.8 Å². The van der Waals surface area contributed by atoms with Crippen molar-refractivity contribution in [3.63, 3.8) is 0 Å². The van der Waals surface area contributed by atoms with E-state index >= 15 is 0 Å². The Balaban J connectivity index is 1.62. The van der Waals surface area contributed by atoms with Crippen LogP contribution in [0.3, 0.4) is 0 Å². The molecule has 20 heavy (non-hydrogen) atoms. The summed E-state index contributed by atoms with van der Waals surface area (Å²) in [7, 11) is 0. The number of halogens is 2. The Hall–Kier alpha value is -1.00. The molecule has 0 heterocycles. The zero-order chi connectivity index (χ0) is 14.4. The fourth-order valence-electron chi connectivity index (χ4n) is 2.90. The average molecular weight is 283 g/mol. The highest BCUT2D eigenvalue weighted by atomic mass is 19.2. The predicted molar refractivity (Wildman–Crippen MR) is 75.3 cm³/mol. The maximum atomic E-state index is 13.0. The lowest BCUT2D eigenvalue weighted by atomic mass is 9.83. The van der Waals surface area contributed by atoms with Gasteiger partial charge >= 0.3 is 0 Å². The number of aliphatic hydroxyl groups excluding tert-OH is 1. The van der Waals surface area contributed by atoms with Crippen molar-refractivity contribution in [2.24, 2.45) is 5.92 Å². The molecule has 4 heteroatoms. The number of benzene rings is 1. The minimum Gasteiger partial charge on any atom is -0.393 e. The molecule has 0 aromatic heterocycles. The molecule has 1 fully saturated rings. The summed E-state index contributed by atoms with van der Waals surface area (Å²) >= 11 is 0. The van der Waals surface area contributed by atoms with Gasteiger partial charge in [-0.1, -0.05) is 18.9 Å². The number of aliphatic hydroxyl groups is 1. The first-order chi connectivity index (χ1) is 9.66. The second kappa shape index (κ2) is 7.70. The summed E-state index contributed by atoms with van der Waals surface area (Å²) in [5.41, 5.74) is 0.751. The fourth-order valence-corrected chi connectivity index (χ4v) is 2.90. The summed E-state index contributed by atoms with van der Waals surface area (Å²) in [5.74, 6) is -1.16. The molecule has 1 aliphatic rings. The largest absolute Gasteiger partial charge is 0.393 e. The van der Waals surface area contributed by atoms with Crippen molar-refractivity contribution in [3.05, 3.63) is 35.4 Å². The standard InChI is InChI=1S/C16H23F2NO/c17-14-8-7-12(10-15(14)18)11-19-9-3-5-13-4-1-2-6-16(13)20/h7-8,10,13,16,19-20H,1-6,9,11H2. The first-order valence-corrected chi connectivity index (χ1v) is 7.49. The van der Waals surface area contributed by atoms with Crippen LogP contribution in [-0.2, 0) is 6.54 Å². The Morgan fingerprint density at radius 1 is 1.15 bits per heavy atom. The zero-order valence-corrected chi connectivity index (χ0v) is 11.7. The minimum absolute atomic E-state index is 0.130. The lowest BCUT2D eigenvalue weighted by Crippen LogP contribution is -2.25. The SMILES string of the molecule is OC1CCCCC1CCCNCc1ccc(F)c(F)c1. The van der Waals surface area contributed by atoms with E-state index < -0.39 is 11.6 Å². The Kier molecular flexibility index (Phi) is 5.92. The molecule has 2 nitrogen and oxygen atoms in total. The van der Waals surface area contributed by atoms with E-state index in [2.05, 4.69) is 5.32 Å². The van der Waals surface area contributed by atoms with E-state index in [9.17, 15) is 13.9 Å². The smallest absolute Gasteiger partial charge is 0.159 e. The van der Waals surface area contributed by atoms with Gasteiger partial charge in [-0.25, -0.2) is 8.78 Å². The van der Waals surface area contributed by atoms with Crippen molar-refractivity contribution in [1.29, 1.82) is 0 Å². The van der Waals surface area contributed by atoms with Crippen LogP contribution in [0.1, 0.15) is 44.1 Å².